The van der Waals surface area contributed by atoms with Crippen LogP contribution in [0.5, 0.6) is 0 Å². The van der Waals surface area contributed by atoms with Gasteiger partial charge in [-0.1, -0.05) is 11.3 Å². The molecule has 2 rings (SSSR count). The number of carbonyl (C=O) groups excluding carboxylic acids is 1. The van der Waals surface area contributed by atoms with Crippen molar-refractivity contribution >= 4 is 28.2 Å². The molecule has 3 N–H and O–H groups in total. The predicted octanol–water partition coefficient (Wildman–Crippen LogP) is 2.18. The minimum Gasteiger partial charge on any atom is -0.382 e. The molecule has 20 heavy (non-hydrogen) atoms. The Balaban J connectivity index is 2.03. The molecule has 0 atom stereocenters. The van der Waals surface area contributed by atoms with Crippen molar-refractivity contribution in [1.29, 1.82) is 0 Å². The largest absolute Gasteiger partial charge is 0.391 e. The first kappa shape index (κ1) is 14.9. The molecule has 0 bridgehead atoms. The van der Waals surface area contributed by atoms with Gasteiger partial charge in [-0.15, -0.1) is 0 Å². The average molecular weight is 308 g/mol. The van der Waals surface area contributed by atoms with E-state index in [1.54, 1.807) is 7.05 Å². The summed E-state index contributed by atoms with van der Waals surface area (Å²) in [6.45, 7) is 0.185. The fourth-order valence-corrected chi connectivity index (χ4v) is 2.95. The van der Waals surface area contributed by atoms with Crippen LogP contribution in [-0.2, 0) is 0 Å². The first-order valence-electron chi connectivity index (χ1n) is 6.13. The molecule has 0 unspecified atom stereocenters. The Morgan fingerprint density at radius 3 is 2.50 bits per heavy atom. The Morgan fingerprint density at radius 1 is 1.45 bits per heavy atom. The Hall–Kier alpha value is -1.51. The van der Waals surface area contributed by atoms with Gasteiger partial charge in [-0.2, -0.15) is 13.2 Å². The van der Waals surface area contributed by atoms with Gasteiger partial charge < -0.3 is 16.0 Å². The summed E-state index contributed by atoms with van der Waals surface area (Å²) in [5.74, 6) is -1.55. The second-order valence-corrected chi connectivity index (χ2v) is 5.59. The number of nitrogen functional groups attached to an aromatic ring is 1. The lowest BCUT2D eigenvalue weighted by molar-refractivity contribution is -0.183. The number of amides is 1. The molecule has 0 spiro atoms. The van der Waals surface area contributed by atoms with Crippen LogP contribution in [0.4, 0.5) is 24.1 Å². The third-order valence-corrected chi connectivity index (χ3v) is 4.38. The van der Waals surface area contributed by atoms with E-state index in [-0.39, 0.29) is 42.5 Å². The van der Waals surface area contributed by atoms with Gasteiger partial charge in [0.15, 0.2) is 5.13 Å². The second-order valence-electron chi connectivity index (χ2n) is 4.59. The van der Waals surface area contributed by atoms with Crippen molar-refractivity contribution in [1.82, 2.24) is 9.88 Å². The standard InChI is InChI=1S/C11H15F3N4OS/c1-16-10-17-8(15)7(20-10)9(19)18-4-2-6(3-5-18)11(12,13)14/h6H,2-5,15H2,1H3,(H,16,17). The summed E-state index contributed by atoms with van der Waals surface area (Å²) >= 11 is 1.11. The zero-order valence-corrected chi connectivity index (χ0v) is 11.6. The summed E-state index contributed by atoms with van der Waals surface area (Å²) in [5.41, 5.74) is 5.65. The van der Waals surface area contributed by atoms with Crippen molar-refractivity contribution in [2.75, 3.05) is 31.2 Å². The zero-order chi connectivity index (χ0) is 14.9. The van der Waals surface area contributed by atoms with E-state index in [0.29, 0.717) is 5.13 Å². The molecule has 5 nitrogen and oxygen atoms in total. The number of rotatable bonds is 2. The van der Waals surface area contributed by atoms with Crippen LogP contribution in [0.15, 0.2) is 0 Å². The summed E-state index contributed by atoms with van der Waals surface area (Å²) in [6, 6.07) is 0. The molecule has 0 radical (unpaired) electrons. The van der Waals surface area contributed by atoms with E-state index in [2.05, 4.69) is 10.3 Å². The summed E-state index contributed by atoms with van der Waals surface area (Å²) in [6.07, 6.45) is -4.31. The van der Waals surface area contributed by atoms with Crippen LogP contribution in [-0.4, -0.2) is 42.1 Å². The highest BCUT2D eigenvalue weighted by molar-refractivity contribution is 7.18. The molecule has 2 heterocycles. The fraction of sp³-hybridized carbons (Fsp3) is 0.636. The van der Waals surface area contributed by atoms with E-state index in [4.69, 9.17) is 5.73 Å². The highest BCUT2D eigenvalue weighted by atomic mass is 32.1. The number of carbonyl (C=O) groups is 1. The van der Waals surface area contributed by atoms with Crippen molar-refractivity contribution in [3.05, 3.63) is 4.88 Å². The number of alkyl halides is 3. The molecule has 0 saturated carbocycles. The number of halogens is 3. The number of nitrogens with two attached hydrogens (primary N) is 1. The van der Waals surface area contributed by atoms with Crippen LogP contribution in [0.25, 0.3) is 0 Å². The van der Waals surface area contributed by atoms with Crippen molar-refractivity contribution in [3.63, 3.8) is 0 Å². The van der Waals surface area contributed by atoms with Gasteiger partial charge in [0.05, 0.1) is 5.92 Å². The van der Waals surface area contributed by atoms with Gasteiger partial charge in [0.25, 0.3) is 5.91 Å². The molecule has 1 aromatic heterocycles. The van der Waals surface area contributed by atoms with Gasteiger partial charge in [-0.05, 0) is 12.8 Å². The number of nitrogens with zero attached hydrogens (tertiary/aromatic N) is 2. The first-order chi connectivity index (χ1) is 9.32. The number of hydrogen-bond donors (Lipinski definition) is 2. The summed E-state index contributed by atoms with van der Waals surface area (Å²) in [4.78, 5) is 17.9. The molecule has 1 aromatic rings. The molecule has 1 aliphatic rings. The lowest BCUT2D eigenvalue weighted by Crippen LogP contribution is -2.42. The monoisotopic (exact) mass is 308 g/mol. The predicted molar refractivity (Wildman–Crippen MR) is 70.8 cm³/mol. The number of piperidine rings is 1. The normalized spacial score (nSPS) is 17.3. The van der Waals surface area contributed by atoms with Gasteiger partial charge in [0.2, 0.25) is 0 Å². The highest BCUT2D eigenvalue weighted by Crippen LogP contribution is 2.35. The SMILES string of the molecule is CNc1nc(N)c(C(=O)N2CCC(C(F)(F)F)CC2)s1. The maximum Gasteiger partial charge on any atom is 0.391 e. The molecule has 1 fully saturated rings. The molecule has 1 aliphatic heterocycles. The summed E-state index contributed by atoms with van der Waals surface area (Å²) < 4.78 is 37.7. The van der Waals surface area contributed by atoms with Crippen LogP contribution < -0.4 is 11.1 Å². The number of likely N-dealkylation sites (tertiary alicyclic amines) is 1. The third-order valence-electron chi connectivity index (χ3n) is 3.31. The Bertz CT molecular complexity index is 494. The smallest absolute Gasteiger partial charge is 0.382 e. The van der Waals surface area contributed by atoms with Crippen LogP contribution in [0, 0.1) is 5.92 Å². The number of thiazole rings is 1. The van der Waals surface area contributed by atoms with E-state index in [0.717, 1.165) is 11.3 Å². The molecular formula is C11H15F3N4OS. The van der Waals surface area contributed by atoms with Gasteiger partial charge in [-0.25, -0.2) is 4.98 Å². The summed E-state index contributed by atoms with van der Waals surface area (Å²) in [5, 5.41) is 3.29. The second kappa shape index (κ2) is 5.47. The van der Waals surface area contributed by atoms with Crippen LogP contribution >= 0.6 is 11.3 Å². The molecule has 112 valence electrons. The third kappa shape index (κ3) is 2.97. The lowest BCUT2D eigenvalue weighted by Gasteiger charge is -2.32. The Kier molecular flexibility index (Phi) is 4.07. The van der Waals surface area contributed by atoms with E-state index in [1.807, 2.05) is 0 Å². The number of nitrogens with one attached hydrogen (secondary N) is 1. The average Bonchev–Trinajstić information content (AvgIpc) is 2.78. The van der Waals surface area contributed by atoms with E-state index in [1.165, 1.54) is 4.90 Å². The van der Waals surface area contributed by atoms with Gasteiger partial charge in [-0.3, -0.25) is 4.79 Å². The van der Waals surface area contributed by atoms with Crippen molar-refractivity contribution in [2.45, 2.75) is 19.0 Å². The van der Waals surface area contributed by atoms with Crippen LogP contribution in [0.3, 0.4) is 0 Å². The quantitative estimate of drug-likeness (QED) is 0.878. The molecule has 9 heteroatoms. The van der Waals surface area contributed by atoms with Gasteiger partial charge in [0, 0.05) is 20.1 Å². The lowest BCUT2D eigenvalue weighted by atomic mass is 9.96. The number of anilines is 2. The van der Waals surface area contributed by atoms with Gasteiger partial charge in [0.1, 0.15) is 10.7 Å². The molecule has 0 aliphatic carbocycles. The zero-order valence-electron chi connectivity index (χ0n) is 10.8. The Morgan fingerprint density at radius 2 is 2.05 bits per heavy atom. The summed E-state index contributed by atoms with van der Waals surface area (Å²) in [7, 11) is 1.65. The number of hydrogen-bond acceptors (Lipinski definition) is 5. The van der Waals surface area contributed by atoms with Crippen LogP contribution in [0.1, 0.15) is 22.5 Å². The molecular weight excluding hydrogens is 293 g/mol. The van der Waals surface area contributed by atoms with E-state index in [9.17, 15) is 18.0 Å². The fourth-order valence-electron chi connectivity index (χ4n) is 2.15. The molecule has 0 aromatic carbocycles. The topological polar surface area (TPSA) is 71.2 Å². The van der Waals surface area contributed by atoms with E-state index < -0.39 is 12.1 Å². The van der Waals surface area contributed by atoms with E-state index >= 15 is 0 Å². The maximum atomic E-state index is 12.6. The van der Waals surface area contributed by atoms with Crippen molar-refractivity contribution in [2.24, 2.45) is 5.92 Å². The molecule has 1 amide bonds. The number of aromatic nitrogens is 1. The highest BCUT2D eigenvalue weighted by Gasteiger charge is 2.42. The van der Waals surface area contributed by atoms with Crippen LogP contribution in [0.2, 0.25) is 0 Å². The maximum absolute atomic E-state index is 12.6. The van der Waals surface area contributed by atoms with Crippen molar-refractivity contribution in [3.8, 4) is 0 Å². The van der Waals surface area contributed by atoms with Crippen molar-refractivity contribution < 1.29 is 18.0 Å². The first-order valence-corrected chi connectivity index (χ1v) is 6.94. The minimum atomic E-state index is -4.18. The molecule has 1 saturated heterocycles. The van der Waals surface area contributed by atoms with Gasteiger partial charge >= 0.3 is 6.18 Å². The minimum absolute atomic E-state index is 0.0627. The Labute approximate surface area is 118 Å².